The largest absolute Gasteiger partial charge is 0.379 e. The molecule has 0 rings (SSSR count). The van der Waals surface area contributed by atoms with Crippen molar-refractivity contribution in [1.82, 2.24) is 0 Å². The quantitative estimate of drug-likeness (QED) is 0.592. The summed E-state index contributed by atoms with van der Waals surface area (Å²) in [5, 5.41) is 0. The van der Waals surface area contributed by atoms with Crippen molar-refractivity contribution in [2.24, 2.45) is 5.92 Å². The van der Waals surface area contributed by atoms with E-state index in [4.69, 9.17) is 9.47 Å². The highest BCUT2D eigenvalue weighted by molar-refractivity contribution is 4.49. The lowest BCUT2D eigenvalue weighted by Gasteiger charge is -2.12. The number of rotatable bonds is 6. The van der Waals surface area contributed by atoms with Crippen LogP contribution >= 0.6 is 0 Å². The van der Waals surface area contributed by atoms with Crippen molar-refractivity contribution in [2.75, 3.05) is 20.3 Å². The maximum atomic E-state index is 5.41. The van der Waals surface area contributed by atoms with E-state index in [1.54, 1.807) is 7.11 Å². The van der Waals surface area contributed by atoms with Gasteiger partial charge in [0.05, 0.1) is 12.7 Å². The van der Waals surface area contributed by atoms with Gasteiger partial charge in [-0.15, -0.1) is 0 Å². The summed E-state index contributed by atoms with van der Waals surface area (Å²) in [6.07, 6.45) is 1.40. The average molecular weight is 160 g/mol. The van der Waals surface area contributed by atoms with Crippen LogP contribution in [-0.4, -0.2) is 26.4 Å². The van der Waals surface area contributed by atoms with Gasteiger partial charge in [-0.2, -0.15) is 0 Å². The number of hydrogen-bond donors (Lipinski definition) is 0. The van der Waals surface area contributed by atoms with E-state index in [1.165, 1.54) is 6.42 Å². The molecule has 0 fully saturated rings. The molecule has 0 amide bonds. The van der Waals surface area contributed by atoms with E-state index in [-0.39, 0.29) is 6.10 Å². The van der Waals surface area contributed by atoms with E-state index in [9.17, 15) is 0 Å². The van der Waals surface area contributed by atoms with Crippen molar-refractivity contribution in [3.63, 3.8) is 0 Å². The zero-order chi connectivity index (χ0) is 8.69. The van der Waals surface area contributed by atoms with Gasteiger partial charge in [-0.1, -0.05) is 20.3 Å². The van der Waals surface area contributed by atoms with Crippen molar-refractivity contribution < 1.29 is 9.47 Å². The van der Waals surface area contributed by atoms with Crippen LogP contribution in [0.25, 0.3) is 0 Å². The minimum Gasteiger partial charge on any atom is -0.379 e. The summed E-state index contributed by atoms with van der Waals surface area (Å²) in [7, 11) is 1.71. The molecular formula is C9H20O2. The molecule has 0 aromatic carbocycles. The van der Waals surface area contributed by atoms with Gasteiger partial charge in [0.2, 0.25) is 0 Å². The van der Waals surface area contributed by atoms with Crippen molar-refractivity contribution >= 4 is 0 Å². The predicted molar refractivity (Wildman–Crippen MR) is 46.7 cm³/mol. The van der Waals surface area contributed by atoms with Gasteiger partial charge in [-0.3, -0.25) is 0 Å². The second-order valence-corrected chi connectivity index (χ2v) is 3.10. The molecule has 0 bridgehead atoms. The molecule has 0 aliphatic heterocycles. The third-order valence-electron chi connectivity index (χ3n) is 1.85. The van der Waals surface area contributed by atoms with Crippen molar-refractivity contribution in [3.05, 3.63) is 0 Å². The Hall–Kier alpha value is -0.0800. The van der Waals surface area contributed by atoms with Crippen LogP contribution in [-0.2, 0) is 9.47 Å². The van der Waals surface area contributed by atoms with E-state index in [0.717, 1.165) is 6.61 Å². The smallest absolute Gasteiger partial charge is 0.0776 e. The normalized spacial score (nSPS) is 16.4. The molecule has 0 aliphatic rings. The summed E-state index contributed by atoms with van der Waals surface area (Å²) in [6.45, 7) is 7.94. The van der Waals surface area contributed by atoms with Crippen LogP contribution in [0, 0.1) is 5.92 Å². The molecule has 0 saturated carbocycles. The van der Waals surface area contributed by atoms with E-state index in [2.05, 4.69) is 13.8 Å². The summed E-state index contributed by atoms with van der Waals surface area (Å²) >= 11 is 0. The molecule has 68 valence electrons. The van der Waals surface area contributed by atoms with Gasteiger partial charge in [-0.05, 0) is 12.8 Å². The molecule has 0 radical (unpaired) electrons. The Labute approximate surface area is 69.9 Å². The van der Waals surface area contributed by atoms with E-state index < -0.39 is 0 Å². The fourth-order valence-corrected chi connectivity index (χ4v) is 0.621. The Morgan fingerprint density at radius 2 is 1.82 bits per heavy atom. The second-order valence-electron chi connectivity index (χ2n) is 3.10. The molecule has 2 atom stereocenters. The first-order chi connectivity index (χ1) is 5.20. The van der Waals surface area contributed by atoms with Crippen LogP contribution in [0.4, 0.5) is 0 Å². The van der Waals surface area contributed by atoms with Crippen LogP contribution in [0.2, 0.25) is 0 Å². The molecule has 2 unspecified atom stereocenters. The lowest BCUT2D eigenvalue weighted by atomic mass is 10.1. The van der Waals surface area contributed by atoms with E-state index >= 15 is 0 Å². The fraction of sp³-hybridized carbons (Fsp3) is 1.00. The highest BCUT2D eigenvalue weighted by atomic mass is 16.5. The van der Waals surface area contributed by atoms with Crippen molar-refractivity contribution in [2.45, 2.75) is 33.3 Å². The Bertz CT molecular complexity index is 73.6. The summed E-state index contributed by atoms with van der Waals surface area (Å²) in [5.74, 6) is 0.666. The predicted octanol–water partition coefficient (Wildman–Crippen LogP) is 2.08. The van der Waals surface area contributed by atoms with Crippen LogP contribution in [0.5, 0.6) is 0 Å². The highest BCUT2D eigenvalue weighted by Crippen LogP contribution is 2.01. The standard InChI is InChI=1S/C9H20O2/c1-5-8(2)6-11-7-9(3)10-4/h8-9H,5-7H2,1-4H3. The first-order valence-corrected chi connectivity index (χ1v) is 4.31. The topological polar surface area (TPSA) is 18.5 Å². The van der Waals surface area contributed by atoms with Gasteiger partial charge < -0.3 is 9.47 Å². The lowest BCUT2D eigenvalue weighted by molar-refractivity contribution is 0.00780. The Morgan fingerprint density at radius 3 is 2.27 bits per heavy atom. The molecule has 0 heterocycles. The molecule has 0 saturated heterocycles. The van der Waals surface area contributed by atoms with E-state index in [0.29, 0.717) is 12.5 Å². The third kappa shape index (κ3) is 6.32. The van der Waals surface area contributed by atoms with Crippen LogP contribution in [0.15, 0.2) is 0 Å². The molecule has 0 aliphatic carbocycles. The number of methoxy groups -OCH3 is 1. The molecular weight excluding hydrogens is 140 g/mol. The maximum Gasteiger partial charge on any atom is 0.0776 e. The summed E-state index contributed by atoms with van der Waals surface area (Å²) in [6, 6.07) is 0. The van der Waals surface area contributed by atoms with Crippen LogP contribution < -0.4 is 0 Å². The average Bonchev–Trinajstić information content (AvgIpc) is 2.04. The van der Waals surface area contributed by atoms with Gasteiger partial charge in [-0.25, -0.2) is 0 Å². The molecule has 0 aromatic rings. The maximum absolute atomic E-state index is 5.41. The highest BCUT2D eigenvalue weighted by Gasteiger charge is 2.01. The fourth-order valence-electron chi connectivity index (χ4n) is 0.621. The Morgan fingerprint density at radius 1 is 1.18 bits per heavy atom. The zero-order valence-corrected chi connectivity index (χ0v) is 8.09. The Kier molecular flexibility index (Phi) is 6.57. The molecule has 11 heavy (non-hydrogen) atoms. The second kappa shape index (κ2) is 6.62. The third-order valence-corrected chi connectivity index (χ3v) is 1.85. The molecule has 0 spiro atoms. The Balaban J connectivity index is 3.13. The minimum absolute atomic E-state index is 0.221. The molecule has 0 aromatic heterocycles. The molecule has 0 N–H and O–H groups in total. The zero-order valence-electron chi connectivity index (χ0n) is 8.09. The van der Waals surface area contributed by atoms with Gasteiger partial charge in [0.25, 0.3) is 0 Å². The summed E-state index contributed by atoms with van der Waals surface area (Å²) < 4.78 is 10.5. The number of ether oxygens (including phenoxy) is 2. The van der Waals surface area contributed by atoms with Crippen molar-refractivity contribution in [3.8, 4) is 0 Å². The van der Waals surface area contributed by atoms with E-state index in [1.807, 2.05) is 6.92 Å². The first kappa shape index (κ1) is 10.9. The summed E-state index contributed by atoms with van der Waals surface area (Å²) in [5.41, 5.74) is 0. The van der Waals surface area contributed by atoms with Gasteiger partial charge >= 0.3 is 0 Å². The lowest BCUT2D eigenvalue weighted by Crippen LogP contribution is -2.16. The van der Waals surface area contributed by atoms with Gasteiger partial charge in [0.1, 0.15) is 0 Å². The van der Waals surface area contributed by atoms with Gasteiger partial charge in [0.15, 0.2) is 0 Å². The monoisotopic (exact) mass is 160 g/mol. The minimum atomic E-state index is 0.221. The van der Waals surface area contributed by atoms with Crippen LogP contribution in [0.1, 0.15) is 27.2 Å². The number of hydrogen-bond acceptors (Lipinski definition) is 2. The summed E-state index contributed by atoms with van der Waals surface area (Å²) in [4.78, 5) is 0. The SMILES string of the molecule is CCC(C)COCC(C)OC. The van der Waals surface area contributed by atoms with Crippen molar-refractivity contribution in [1.29, 1.82) is 0 Å². The first-order valence-electron chi connectivity index (χ1n) is 4.31. The molecule has 2 nitrogen and oxygen atoms in total. The molecule has 2 heteroatoms. The van der Waals surface area contributed by atoms with Gasteiger partial charge in [0, 0.05) is 13.7 Å². The van der Waals surface area contributed by atoms with Crippen LogP contribution in [0.3, 0.4) is 0 Å².